The Bertz CT molecular complexity index is 1880. The molecule has 6 heterocycles. The number of ether oxygens (including phenoxy) is 2. The standard InChI is InChI=1S/C24H24N8O12S3/c25-18-13-19(27-7-26-18)31(8-28-13)21-17(35)16(34)10(43-21)5-42-47(40,41)30-24(39)44-11-6-46-22-14(20(36)32(22)15(11)23(37)38)29-12(33)4-9-2-1-3-45-9/h1-3,7-8,10,14,16-17,21-22,34-35H,4-6H2,(H,29,33)(H,30,39)(H,37,38)(H2,25,26,27)/t10-,14-,16-,17-,21-,22-/m1/s1. The van der Waals surface area contributed by atoms with Gasteiger partial charge in [-0.1, -0.05) is 6.07 Å². The van der Waals surface area contributed by atoms with Gasteiger partial charge in [-0.15, -0.1) is 23.1 Å². The van der Waals surface area contributed by atoms with Crippen molar-refractivity contribution < 1.29 is 56.6 Å². The second-order valence-electron chi connectivity index (χ2n) is 10.1. The van der Waals surface area contributed by atoms with E-state index >= 15 is 0 Å². The molecule has 0 saturated carbocycles. The number of aromatic nitrogens is 4. The lowest BCUT2D eigenvalue weighted by molar-refractivity contribution is -0.151. The fourth-order valence-electron chi connectivity index (χ4n) is 5.04. The van der Waals surface area contributed by atoms with Crippen LogP contribution in [-0.4, -0.2) is 114 Å². The highest BCUT2D eigenvalue weighted by Crippen LogP contribution is 2.41. The lowest BCUT2D eigenvalue weighted by Gasteiger charge is -2.48. The summed E-state index contributed by atoms with van der Waals surface area (Å²) in [4.78, 5) is 63.2. The van der Waals surface area contributed by atoms with Gasteiger partial charge in [0.15, 0.2) is 29.1 Å². The molecule has 20 nitrogen and oxygen atoms in total. The van der Waals surface area contributed by atoms with Gasteiger partial charge in [0.25, 0.3) is 5.91 Å². The van der Waals surface area contributed by atoms with Crippen molar-refractivity contribution in [2.24, 2.45) is 0 Å². The summed E-state index contributed by atoms with van der Waals surface area (Å²) < 4.78 is 42.9. The molecule has 3 aromatic rings. The van der Waals surface area contributed by atoms with Crippen LogP contribution in [0.15, 0.2) is 41.6 Å². The monoisotopic (exact) mass is 712 g/mol. The number of rotatable bonds is 10. The Kier molecular flexibility index (Phi) is 8.77. The number of nitrogen functional groups attached to an aromatic ring is 1. The van der Waals surface area contributed by atoms with Crippen LogP contribution < -0.4 is 15.8 Å². The summed E-state index contributed by atoms with van der Waals surface area (Å²) in [6.07, 6.45) is -5.15. The molecule has 0 radical (unpaired) electrons. The number of thiophene rings is 1. The van der Waals surface area contributed by atoms with Crippen molar-refractivity contribution >= 4 is 74.3 Å². The van der Waals surface area contributed by atoms with Gasteiger partial charge in [0.2, 0.25) is 5.91 Å². The first-order valence-electron chi connectivity index (χ1n) is 13.4. The summed E-state index contributed by atoms with van der Waals surface area (Å²) in [5.74, 6) is -3.56. The molecule has 3 aromatic heterocycles. The Labute approximate surface area is 271 Å². The number of carbonyl (C=O) groups is 4. The lowest BCUT2D eigenvalue weighted by atomic mass is 10.0. The molecular weight excluding hydrogens is 689 g/mol. The minimum atomic E-state index is -4.93. The molecule has 6 atom stereocenters. The number of hydrogen-bond donors (Lipinski definition) is 6. The Balaban J connectivity index is 1.05. The zero-order chi connectivity index (χ0) is 33.6. The molecule has 250 valence electrons. The minimum absolute atomic E-state index is 0.0330. The van der Waals surface area contributed by atoms with E-state index in [2.05, 4.69) is 20.3 Å². The molecule has 3 amide bonds. The van der Waals surface area contributed by atoms with Crippen LogP contribution in [0.4, 0.5) is 10.6 Å². The number of amides is 3. The maximum absolute atomic E-state index is 12.8. The van der Waals surface area contributed by atoms with E-state index in [4.69, 9.17) is 19.4 Å². The molecule has 0 spiro atoms. The minimum Gasteiger partial charge on any atom is -0.476 e. The van der Waals surface area contributed by atoms with Gasteiger partial charge in [-0.2, -0.15) is 13.1 Å². The van der Waals surface area contributed by atoms with Crippen LogP contribution in [0, 0.1) is 0 Å². The number of nitrogens with zero attached hydrogens (tertiary/aromatic N) is 5. The molecule has 2 fully saturated rings. The van der Waals surface area contributed by atoms with Crippen LogP contribution in [0.2, 0.25) is 0 Å². The van der Waals surface area contributed by atoms with Crippen LogP contribution in [0.25, 0.3) is 11.2 Å². The third-order valence-corrected chi connectivity index (χ3v) is 10.2. The number of carbonyl (C=O) groups excluding carboxylic acids is 3. The first-order chi connectivity index (χ1) is 22.3. The quantitative estimate of drug-likeness (QED) is 0.124. The van der Waals surface area contributed by atoms with Crippen LogP contribution in [-0.2, 0) is 44.8 Å². The summed E-state index contributed by atoms with van der Waals surface area (Å²) in [7, 11) is -4.93. The van der Waals surface area contributed by atoms with Crippen molar-refractivity contribution in [3.05, 3.63) is 46.5 Å². The van der Waals surface area contributed by atoms with E-state index in [0.717, 1.165) is 27.9 Å². The fraction of sp³-hybridized carbons (Fsp3) is 0.375. The smallest absolute Gasteiger partial charge is 0.427 e. The topological polar surface area (TPSA) is 288 Å². The average Bonchev–Trinajstić information content (AvgIpc) is 3.75. The number of anilines is 1. The van der Waals surface area contributed by atoms with Crippen molar-refractivity contribution in [1.82, 2.24) is 34.5 Å². The molecule has 3 aliphatic heterocycles. The third kappa shape index (κ3) is 6.32. The fourth-order valence-corrected chi connectivity index (χ4v) is 7.61. The number of thioether (sulfide) groups is 1. The largest absolute Gasteiger partial charge is 0.476 e. The maximum Gasteiger partial charge on any atom is 0.427 e. The van der Waals surface area contributed by atoms with Crippen molar-refractivity contribution in [2.75, 3.05) is 18.1 Å². The van der Waals surface area contributed by atoms with E-state index < -0.39 is 88.2 Å². The summed E-state index contributed by atoms with van der Waals surface area (Å²) in [6, 6.07) is 2.51. The Morgan fingerprint density at radius 3 is 2.70 bits per heavy atom. The number of fused-ring (bicyclic) bond motifs is 2. The maximum atomic E-state index is 12.8. The van der Waals surface area contributed by atoms with Crippen molar-refractivity contribution in [1.29, 1.82) is 0 Å². The molecule has 47 heavy (non-hydrogen) atoms. The number of aliphatic hydroxyl groups excluding tert-OH is 2. The Hall–Kier alpha value is -4.39. The third-order valence-electron chi connectivity index (χ3n) is 7.18. The van der Waals surface area contributed by atoms with Gasteiger partial charge in [-0.3, -0.25) is 23.2 Å². The van der Waals surface area contributed by atoms with Gasteiger partial charge >= 0.3 is 22.4 Å². The number of aliphatic hydroxyl groups is 2. The highest BCUT2D eigenvalue weighted by Gasteiger charge is 2.55. The summed E-state index contributed by atoms with van der Waals surface area (Å²) in [5, 5.41) is 34.3. The first-order valence-corrected chi connectivity index (χ1v) is 16.7. The average molecular weight is 713 g/mol. The van der Waals surface area contributed by atoms with Crippen molar-refractivity contribution in [3.63, 3.8) is 0 Å². The highest BCUT2D eigenvalue weighted by molar-refractivity contribution is 8.00. The molecule has 0 unspecified atom stereocenters. The van der Waals surface area contributed by atoms with Crippen molar-refractivity contribution in [2.45, 2.75) is 42.4 Å². The zero-order valence-corrected chi connectivity index (χ0v) is 26.0. The van der Waals surface area contributed by atoms with E-state index in [1.165, 1.54) is 27.0 Å². The van der Waals surface area contributed by atoms with Gasteiger partial charge in [-0.05, 0) is 11.4 Å². The van der Waals surface area contributed by atoms with Gasteiger partial charge < -0.3 is 35.8 Å². The molecule has 3 aliphatic rings. The molecule has 0 aromatic carbocycles. The number of β-lactam (4-membered cyclic amide) rings is 1. The second-order valence-corrected chi connectivity index (χ2v) is 13.6. The second kappa shape index (κ2) is 12.7. The number of nitrogens with one attached hydrogen (secondary N) is 2. The van der Waals surface area contributed by atoms with Crippen LogP contribution in [0.5, 0.6) is 0 Å². The van der Waals surface area contributed by atoms with E-state index in [0.29, 0.717) is 0 Å². The van der Waals surface area contributed by atoms with Gasteiger partial charge in [-0.25, -0.2) is 24.5 Å². The van der Waals surface area contributed by atoms with Gasteiger partial charge in [0.05, 0.1) is 25.1 Å². The number of hydrogen-bond acceptors (Lipinski definition) is 17. The first kappa shape index (κ1) is 32.5. The summed E-state index contributed by atoms with van der Waals surface area (Å²) in [5.41, 5.74) is 5.43. The SMILES string of the molecule is Nc1ncnc2c1ncn2[C@@H]1O[C@H](COS(=O)(=O)NC(=O)OC2=C(C(=O)O)N3C(=O)[C@@H](NC(=O)Cc4cccs4)[C@H]3SC2)[C@@H](O)[C@H]1O. The molecule has 23 heteroatoms. The summed E-state index contributed by atoms with van der Waals surface area (Å²) >= 11 is 2.35. The summed E-state index contributed by atoms with van der Waals surface area (Å²) in [6.45, 7) is -0.871. The molecule has 0 aliphatic carbocycles. The van der Waals surface area contributed by atoms with Gasteiger partial charge in [0, 0.05) is 4.88 Å². The van der Waals surface area contributed by atoms with E-state index in [9.17, 15) is 42.9 Å². The molecular formula is C24H24N8O12S3. The number of imidazole rings is 1. The molecule has 7 N–H and O–H groups in total. The number of carboxylic acid groups (broad SMARTS) is 1. The van der Waals surface area contributed by atoms with Crippen LogP contribution in [0.3, 0.4) is 0 Å². The number of aliphatic carboxylic acids is 1. The lowest BCUT2D eigenvalue weighted by Crippen LogP contribution is -2.70. The normalized spacial score (nSPS) is 25.7. The number of nitrogens with two attached hydrogens (primary N) is 1. The predicted octanol–water partition coefficient (Wildman–Crippen LogP) is -1.98. The predicted molar refractivity (Wildman–Crippen MR) is 158 cm³/mol. The Morgan fingerprint density at radius 1 is 1.19 bits per heavy atom. The Morgan fingerprint density at radius 2 is 1.98 bits per heavy atom. The van der Waals surface area contributed by atoms with Crippen LogP contribution in [0.1, 0.15) is 11.1 Å². The molecule has 6 rings (SSSR count). The highest BCUT2D eigenvalue weighted by atomic mass is 32.2. The zero-order valence-electron chi connectivity index (χ0n) is 23.5. The van der Waals surface area contributed by atoms with E-state index in [1.54, 1.807) is 17.5 Å². The van der Waals surface area contributed by atoms with Crippen LogP contribution >= 0.6 is 23.1 Å². The van der Waals surface area contributed by atoms with E-state index in [1.807, 2.05) is 0 Å². The van der Waals surface area contributed by atoms with E-state index in [-0.39, 0.29) is 29.2 Å². The van der Waals surface area contributed by atoms with Gasteiger partial charge in [0.1, 0.15) is 41.6 Å². The molecule has 0 bridgehead atoms. The van der Waals surface area contributed by atoms with Crippen molar-refractivity contribution in [3.8, 4) is 0 Å². The molecule has 2 saturated heterocycles. The number of carboxylic acids is 1.